The second-order valence-electron chi connectivity index (χ2n) is 9.43. The number of aliphatic hydroxyl groups is 1. The fourth-order valence-corrected chi connectivity index (χ4v) is 5.20. The lowest BCUT2D eigenvalue weighted by molar-refractivity contribution is -0.125. The molecule has 0 aliphatic carbocycles. The Morgan fingerprint density at radius 2 is 1.79 bits per heavy atom. The number of nitrogens with zero attached hydrogens (tertiary/aromatic N) is 2. The maximum atomic E-state index is 11.5. The van der Waals surface area contributed by atoms with Gasteiger partial charge in [-0.1, -0.05) is 30.3 Å². The molecular formula is C27H31N3O3. The minimum atomic E-state index is -0.552. The summed E-state index contributed by atoms with van der Waals surface area (Å²) in [5, 5.41) is 15.9. The van der Waals surface area contributed by atoms with E-state index in [9.17, 15) is 9.90 Å². The number of nitrogens with one attached hydrogen (secondary N) is 1. The molecule has 2 N–H and O–H groups in total. The Hall–Kier alpha value is -2.96. The highest BCUT2D eigenvalue weighted by Crippen LogP contribution is 2.38. The summed E-state index contributed by atoms with van der Waals surface area (Å²) in [4.78, 5) is 17.9. The van der Waals surface area contributed by atoms with Crippen molar-refractivity contribution in [3.63, 3.8) is 0 Å². The predicted octanol–water partition coefficient (Wildman–Crippen LogP) is 3.63. The van der Waals surface area contributed by atoms with Gasteiger partial charge in [-0.3, -0.25) is 9.78 Å². The Morgan fingerprint density at radius 3 is 2.52 bits per heavy atom. The first-order valence-electron chi connectivity index (χ1n) is 11.8. The number of benzene rings is 2. The number of fused-ring (bicyclic) bond motifs is 1. The second kappa shape index (κ2) is 9.49. The van der Waals surface area contributed by atoms with E-state index in [4.69, 9.17) is 4.74 Å². The summed E-state index contributed by atoms with van der Waals surface area (Å²) >= 11 is 0. The summed E-state index contributed by atoms with van der Waals surface area (Å²) in [6, 6.07) is 16.3. The third-order valence-corrected chi connectivity index (χ3v) is 7.24. The molecule has 1 atom stereocenters. The van der Waals surface area contributed by atoms with Crippen LogP contribution in [0.2, 0.25) is 0 Å². The lowest BCUT2D eigenvalue weighted by Gasteiger charge is -2.44. The zero-order valence-electron chi connectivity index (χ0n) is 18.9. The molecule has 1 amide bonds. The number of rotatable bonds is 6. The molecule has 1 aromatic heterocycles. The number of β-amino-alcohol motifs (C(OH)–C–C–N with tert-alkyl or cyclic N) is 1. The zero-order valence-corrected chi connectivity index (χ0v) is 18.9. The van der Waals surface area contributed by atoms with Gasteiger partial charge in [-0.2, -0.15) is 0 Å². The molecule has 1 unspecified atom stereocenters. The van der Waals surface area contributed by atoms with Gasteiger partial charge in [0, 0.05) is 37.3 Å². The number of ether oxygens (including phenoxy) is 1. The van der Waals surface area contributed by atoms with Gasteiger partial charge in [-0.05, 0) is 72.5 Å². The van der Waals surface area contributed by atoms with Crippen molar-refractivity contribution in [1.82, 2.24) is 15.2 Å². The van der Waals surface area contributed by atoms with Crippen molar-refractivity contribution in [2.24, 2.45) is 5.41 Å². The molecule has 2 aliphatic rings. The van der Waals surface area contributed by atoms with Crippen molar-refractivity contribution in [2.45, 2.75) is 31.8 Å². The van der Waals surface area contributed by atoms with Crippen LogP contribution in [0.15, 0.2) is 60.9 Å². The van der Waals surface area contributed by atoms with E-state index in [2.05, 4.69) is 33.4 Å². The SMILES string of the molecule is O=C1CCC2(CCN(CC(O)COc3ccc(-c4ccncc4)c4ccccc34)CC2)CN1. The molecule has 5 rings (SSSR count). The monoisotopic (exact) mass is 445 g/mol. The fourth-order valence-electron chi connectivity index (χ4n) is 5.20. The van der Waals surface area contributed by atoms with Crippen molar-refractivity contribution >= 4 is 16.7 Å². The molecule has 1 spiro atoms. The van der Waals surface area contributed by atoms with Gasteiger partial charge in [0.15, 0.2) is 0 Å². The molecule has 6 heteroatoms. The van der Waals surface area contributed by atoms with E-state index in [1.54, 1.807) is 12.4 Å². The zero-order chi connectivity index (χ0) is 22.7. The van der Waals surface area contributed by atoms with Crippen LogP contribution in [0.4, 0.5) is 0 Å². The number of piperidine rings is 2. The van der Waals surface area contributed by atoms with Crippen LogP contribution in [-0.4, -0.2) is 59.8 Å². The van der Waals surface area contributed by atoms with Crippen LogP contribution in [0.5, 0.6) is 5.75 Å². The first kappa shape index (κ1) is 21.9. The molecule has 2 aliphatic heterocycles. The molecule has 33 heavy (non-hydrogen) atoms. The summed E-state index contributed by atoms with van der Waals surface area (Å²) in [5.74, 6) is 0.968. The molecule has 2 aromatic carbocycles. The normalized spacial score (nSPS) is 19.4. The maximum absolute atomic E-state index is 11.5. The van der Waals surface area contributed by atoms with Crippen LogP contribution in [0.25, 0.3) is 21.9 Å². The van der Waals surface area contributed by atoms with Crippen LogP contribution in [0.1, 0.15) is 25.7 Å². The van der Waals surface area contributed by atoms with Gasteiger partial charge in [-0.15, -0.1) is 0 Å². The first-order chi connectivity index (χ1) is 16.1. The Morgan fingerprint density at radius 1 is 1.03 bits per heavy atom. The molecule has 172 valence electrons. The van der Waals surface area contributed by atoms with Crippen LogP contribution in [0.3, 0.4) is 0 Å². The first-order valence-corrected chi connectivity index (χ1v) is 11.8. The molecule has 2 fully saturated rings. The van der Waals surface area contributed by atoms with Gasteiger partial charge < -0.3 is 20.1 Å². The lowest BCUT2D eigenvalue weighted by Crippen LogP contribution is -2.51. The average Bonchev–Trinajstić information content (AvgIpc) is 2.86. The van der Waals surface area contributed by atoms with Crippen molar-refractivity contribution in [1.29, 1.82) is 0 Å². The van der Waals surface area contributed by atoms with Crippen LogP contribution < -0.4 is 10.1 Å². The van der Waals surface area contributed by atoms with Gasteiger partial charge in [0.05, 0.1) is 0 Å². The van der Waals surface area contributed by atoms with E-state index >= 15 is 0 Å². The van der Waals surface area contributed by atoms with Crippen molar-refractivity contribution in [3.8, 4) is 16.9 Å². The second-order valence-corrected chi connectivity index (χ2v) is 9.43. The summed E-state index contributed by atoms with van der Waals surface area (Å²) in [5.41, 5.74) is 2.51. The highest BCUT2D eigenvalue weighted by molar-refractivity contribution is 6.00. The predicted molar refractivity (Wildman–Crippen MR) is 129 cm³/mol. The molecule has 0 saturated carbocycles. The van der Waals surface area contributed by atoms with Crippen LogP contribution >= 0.6 is 0 Å². The Balaban J connectivity index is 1.20. The van der Waals surface area contributed by atoms with E-state index in [0.717, 1.165) is 66.5 Å². The summed E-state index contributed by atoms with van der Waals surface area (Å²) in [7, 11) is 0. The minimum absolute atomic E-state index is 0.178. The van der Waals surface area contributed by atoms with E-state index in [-0.39, 0.29) is 17.9 Å². The quantitative estimate of drug-likeness (QED) is 0.606. The standard InChI is InChI=1S/C27H31N3O3/c31-21(17-30-15-11-27(12-16-30)10-7-26(32)29-19-27)18-33-25-6-5-22(20-8-13-28-14-9-20)23-3-1-2-4-24(23)25/h1-6,8-9,13-14,21,31H,7,10-12,15-19H2,(H,29,32). The Kier molecular flexibility index (Phi) is 6.29. The molecule has 0 bridgehead atoms. The van der Waals surface area contributed by atoms with Crippen molar-refractivity contribution in [3.05, 3.63) is 60.9 Å². The maximum Gasteiger partial charge on any atom is 0.220 e. The summed E-state index contributed by atoms with van der Waals surface area (Å²) < 4.78 is 6.10. The van der Waals surface area contributed by atoms with E-state index in [1.807, 2.05) is 30.3 Å². The van der Waals surface area contributed by atoms with Crippen LogP contribution in [0, 0.1) is 5.41 Å². The van der Waals surface area contributed by atoms with Gasteiger partial charge in [0.25, 0.3) is 0 Å². The third-order valence-electron chi connectivity index (χ3n) is 7.24. The van der Waals surface area contributed by atoms with Gasteiger partial charge in [0.1, 0.15) is 18.5 Å². The van der Waals surface area contributed by atoms with Gasteiger partial charge >= 0.3 is 0 Å². The third kappa shape index (κ3) is 4.87. The van der Waals surface area contributed by atoms with Crippen LogP contribution in [-0.2, 0) is 4.79 Å². The lowest BCUT2D eigenvalue weighted by atomic mass is 9.73. The molecule has 0 radical (unpaired) electrons. The van der Waals surface area contributed by atoms with Crippen molar-refractivity contribution in [2.75, 3.05) is 32.8 Å². The molecule has 6 nitrogen and oxygen atoms in total. The number of carbonyl (C=O) groups is 1. The average molecular weight is 446 g/mol. The van der Waals surface area contributed by atoms with Crippen molar-refractivity contribution < 1.29 is 14.6 Å². The smallest absolute Gasteiger partial charge is 0.220 e. The molecule has 3 heterocycles. The number of hydrogen-bond donors (Lipinski definition) is 2. The van der Waals surface area contributed by atoms with Gasteiger partial charge in [0.2, 0.25) is 5.91 Å². The largest absolute Gasteiger partial charge is 0.490 e. The highest BCUT2D eigenvalue weighted by atomic mass is 16.5. The molecule has 2 saturated heterocycles. The number of likely N-dealkylation sites (tertiary alicyclic amines) is 1. The summed E-state index contributed by atoms with van der Waals surface area (Å²) in [6.07, 6.45) is 6.83. The Labute approximate surface area is 194 Å². The highest BCUT2D eigenvalue weighted by Gasteiger charge is 2.37. The van der Waals surface area contributed by atoms with E-state index < -0.39 is 6.10 Å². The minimum Gasteiger partial charge on any atom is -0.490 e. The van der Waals surface area contributed by atoms with E-state index in [0.29, 0.717) is 13.0 Å². The number of aliphatic hydroxyl groups excluding tert-OH is 1. The van der Waals surface area contributed by atoms with Gasteiger partial charge in [-0.25, -0.2) is 0 Å². The molecule has 3 aromatic rings. The fraction of sp³-hybridized carbons (Fsp3) is 0.407. The number of amides is 1. The number of hydrogen-bond acceptors (Lipinski definition) is 5. The molecular weight excluding hydrogens is 414 g/mol. The topological polar surface area (TPSA) is 74.7 Å². The summed E-state index contributed by atoms with van der Waals surface area (Å²) in [6.45, 7) is 3.58. The Bertz CT molecular complexity index is 1100. The number of pyridine rings is 1. The number of aromatic nitrogens is 1. The van der Waals surface area contributed by atoms with E-state index in [1.165, 1.54) is 0 Å². The number of carbonyl (C=O) groups excluding carboxylic acids is 1.